The number of rotatable bonds is 7. The van der Waals surface area contributed by atoms with Crippen LogP contribution in [0.2, 0.25) is 0 Å². The lowest BCUT2D eigenvalue weighted by Gasteiger charge is -2.21. The monoisotopic (exact) mass is 379 g/mol. The van der Waals surface area contributed by atoms with Crippen LogP contribution in [-0.2, 0) is 14.3 Å². The zero-order valence-corrected chi connectivity index (χ0v) is 15.0. The van der Waals surface area contributed by atoms with E-state index in [1.54, 1.807) is 24.3 Å². The second-order valence-corrected chi connectivity index (χ2v) is 6.15. The Kier molecular flexibility index (Phi) is 6.98. The third-order valence-corrected chi connectivity index (χ3v) is 4.28. The maximum absolute atomic E-state index is 13.6. The third kappa shape index (κ3) is 5.09. The molecule has 1 N–H and O–H groups in total. The molecule has 0 unspecified atom stereocenters. The summed E-state index contributed by atoms with van der Waals surface area (Å²) in [6.07, 6.45) is 0.723. The molecular weight excluding hydrogens is 359 g/mol. The van der Waals surface area contributed by atoms with Crippen molar-refractivity contribution in [3.63, 3.8) is 0 Å². The average molecular weight is 379 g/mol. The molecule has 2 aromatic carbocycles. The van der Waals surface area contributed by atoms with Gasteiger partial charge in [-0.25, -0.2) is 13.2 Å². The van der Waals surface area contributed by atoms with Gasteiger partial charge in [-0.15, -0.1) is 0 Å². The van der Waals surface area contributed by atoms with Crippen LogP contribution in [-0.4, -0.2) is 18.5 Å². The average Bonchev–Trinajstić information content (AvgIpc) is 2.67. The van der Waals surface area contributed by atoms with Crippen LogP contribution >= 0.6 is 0 Å². The van der Waals surface area contributed by atoms with Gasteiger partial charge in [0.25, 0.3) is 5.91 Å². The van der Waals surface area contributed by atoms with E-state index >= 15 is 0 Å². The number of carbonyl (C=O) groups is 2. The zero-order valence-electron chi connectivity index (χ0n) is 15.0. The van der Waals surface area contributed by atoms with Gasteiger partial charge in [-0.1, -0.05) is 50.6 Å². The first-order chi connectivity index (χ1) is 12.8. The number of esters is 1. The van der Waals surface area contributed by atoms with Crippen molar-refractivity contribution in [2.24, 2.45) is 5.92 Å². The van der Waals surface area contributed by atoms with Crippen LogP contribution in [0.5, 0.6) is 0 Å². The highest BCUT2D eigenvalue weighted by Crippen LogP contribution is 2.28. The van der Waals surface area contributed by atoms with Gasteiger partial charge in [0.1, 0.15) is 0 Å². The molecule has 0 aliphatic heterocycles. The fourth-order valence-corrected chi connectivity index (χ4v) is 2.63. The predicted molar refractivity (Wildman–Crippen MR) is 94.5 cm³/mol. The van der Waals surface area contributed by atoms with Gasteiger partial charge < -0.3 is 10.1 Å². The smallest absolute Gasteiger partial charge is 0.314 e. The Balaban J connectivity index is 2.02. The molecule has 0 aromatic heterocycles. The number of ether oxygens (including phenoxy) is 1. The Bertz CT molecular complexity index is 812. The number of anilines is 1. The van der Waals surface area contributed by atoms with Crippen LogP contribution < -0.4 is 5.32 Å². The molecule has 0 saturated heterocycles. The summed E-state index contributed by atoms with van der Waals surface area (Å²) in [5.74, 6) is -6.59. The van der Waals surface area contributed by atoms with Gasteiger partial charge in [-0.2, -0.15) is 0 Å². The van der Waals surface area contributed by atoms with Crippen LogP contribution in [0.1, 0.15) is 31.7 Å². The summed E-state index contributed by atoms with van der Waals surface area (Å²) in [7, 11) is 0. The molecule has 2 atom stereocenters. The second kappa shape index (κ2) is 9.21. The van der Waals surface area contributed by atoms with Crippen LogP contribution in [0.4, 0.5) is 18.9 Å². The standard InChI is InChI=1S/C20H20F3NO3/c1-3-12(2)17(13-7-5-4-6-8-13)20(26)27-11-16(25)24-15-10-9-14(21)18(22)19(15)23/h4-10,12,17H,3,11H2,1-2H3,(H,24,25)/t12-,17-/m1/s1. The fraction of sp³-hybridized carbons (Fsp3) is 0.300. The zero-order chi connectivity index (χ0) is 20.0. The molecule has 1 amide bonds. The first-order valence-electron chi connectivity index (χ1n) is 8.50. The van der Waals surface area contributed by atoms with E-state index in [2.05, 4.69) is 5.32 Å². The van der Waals surface area contributed by atoms with E-state index in [1.807, 2.05) is 19.9 Å². The topological polar surface area (TPSA) is 55.4 Å². The molecule has 4 nitrogen and oxygen atoms in total. The summed E-state index contributed by atoms with van der Waals surface area (Å²) < 4.78 is 44.8. The third-order valence-electron chi connectivity index (χ3n) is 4.28. The lowest BCUT2D eigenvalue weighted by atomic mass is 9.86. The van der Waals surface area contributed by atoms with Crippen molar-refractivity contribution in [2.75, 3.05) is 11.9 Å². The van der Waals surface area contributed by atoms with Crippen molar-refractivity contribution >= 4 is 17.6 Å². The predicted octanol–water partition coefficient (Wildman–Crippen LogP) is 4.42. The SMILES string of the molecule is CC[C@@H](C)[C@@H](C(=O)OCC(=O)Nc1ccc(F)c(F)c1F)c1ccccc1. The summed E-state index contributed by atoms with van der Waals surface area (Å²) >= 11 is 0. The molecule has 0 aliphatic rings. The van der Waals surface area contributed by atoms with E-state index in [0.717, 1.165) is 18.1 Å². The molecule has 0 spiro atoms. The van der Waals surface area contributed by atoms with Crippen LogP contribution in [0, 0.1) is 23.4 Å². The Labute approximate surface area is 155 Å². The van der Waals surface area contributed by atoms with E-state index in [1.165, 1.54) is 0 Å². The highest BCUT2D eigenvalue weighted by atomic mass is 19.2. The Morgan fingerprint density at radius 1 is 1.04 bits per heavy atom. The van der Waals surface area contributed by atoms with Crippen molar-refractivity contribution in [3.05, 3.63) is 65.5 Å². The number of nitrogens with one attached hydrogen (secondary N) is 1. The second-order valence-electron chi connectivity index (χ2n) is 6.15. The number of carbonyl (C=O) groups excluding carboxylic acids is 2. The van der Waals surface area contributed by atoms with Crippen LogP contribution in [0.25, 0.3) is 0 Å². The molecule has 27 heavy (non-hydrogen) atoms. The molecule has 0 aliphatic carbocycles. The maximum Gasteiger partial charge on any atom is 0.314 e. The molecule has 2 aromatic rings. The molecule has 7 heteroatoms. The Morgan fingerprint density at radius 3 is 2.33 bits per heavy atom. The summed E-state index contributed by atoms with van der Waals surface area (Å²) in [6.45, 7) is 3.17. The minimum atomic E-state index is -1.69. The quantitative estimate of drug-likeness (QED) is 0.573. The highest BCUT2D eigenvalue weighted by Gasteiger charge is 2.28. The largest absolute Gasteiger partial charge is 0.455 e. The van der Waals surface area contributed by atoms with Gasteiger partial charge in [-0.05, 0) is 23.6 Å². The lowest BCUT2D eigenvalue weighted by molar-refractivity contribution is -0.150. The lowest BCUT2D eigenvalue weighted by Crippen LogP contribution is -2.27. The minimum Gasteiger partial charge on any atom is -0.455 e. The number of hydrogen-bond donors (Lipinski definition) is 1. The summed E-state index contributed by atoms with van der Waals surface area (Å²) in [4.78, 5) is 24.4. The molecule has 0 fully saturated rings. The van der Waals surface area contributed by atoms with Crippen LogP contribution in [0.3, 0.4) is 0 Å². The van der Waals surface area contributed by atoms with E-state index in [4.69, 9.17) is 4.74 Å². The van der Waals surface area contributed by atoms with Crippen molar-refractivity contribution in [1.29, 1.82) is 0 Å². The molecule has 0 radical (unpaired) electrons. The Morgan fingerprint density at radius 2 is 1.70 bits per heavy atom. The maximum atomic E-state index is 13.6. The van der Waals surface area contributed by atoms with Crippen molar-refractivity contribution < 1.29 is 27.5 Å². The van der Waals surface area contributed by atoms with E-state index in [-0.39, 0.29) is 5.92 Å². The number of amides is 1. The van der Waals surface area contributed by atoms with E-state index in [0.29, 0.717) is 6.07 Å². The summed E-state index contributed by atoms with van der Waals surface area (Å²) in [5.41, 5.74) is 0.236. The molecule has 0 bridgehead atoms. The van der Waals surface area contributed by atoms with Gasteiger partial charge in [0.15, 0.2) is 24.1 Å². The number of hydrogen-bond acceptors (Lipinski definition) is 3. The van der Waals surface area contributed by atoms with Gasteiger partial charge >= 0.3 is 5.97 Å². The molecule has 0 heterocycles. The fourth-order valence-electron chi connectivity index (χ4n) is 2.63. The van der Waals surface area contributed by atoms with Crippen molar-refractivity contribution in [1.82, 2.24) is 0 Å². The summed E-state index contributed by atoms with van der Waals surface area (Å²) in [6, 6.07) is 10.6. The minimum absolute atomic E-state index is 0.0217. The van der Waals surface area contributed by atoms with Crippen molar-refractivity contribution in [3.8, 4) is 0 Å². The van der Waals surface area contributed by atoms with Crippen LogP contribution in [0.15, 0.2) is 42.5 Å². The number of halogens is 3. The Hall–Kier alpha value is -2.83. The number of benzene rings is 2. The molecule has 0 saturated carbocycles. The normalized spacial score (nSPS) is 12.9. The van der Waals surface area contributed by atoms with Gasteiger partial charge in [0.2, 0.25) is 0 Å². The first-order valence-corrected chi connectivity index (χ1v) is 8.50. The molecular formula is C20H20F3NO3. The molecule has 2 rings (SSSR count). The van der Waals surface area contributed by atoms with E-state index in [9.17, 15) is 22.8 Å². The first kappa shape index (κ1) is 20.5. The van der Waals surface area contributed by atoms with E-state index < -0.39 is 47.5 Å². The molecule has 144 valence electrons. The highest BCUT2D eigenvalue weighted by molar-refractivity contribution is 5.93. The van der Waals surface area contributed by atoms with Gasteiger partial charge in [0, 0.05) is 0 Å². The summed E-state index contributed by atoms with van der Waals surface area (Å²) in [5, 5.41) is 2.06. The van der Waals surface area contributed by atoms with Crippen molar-refractivity contribution in [2.45, 2.75) is 26.2 Å². The van der Waals surface area contributed by atoms with Gasteiger partial charge in [-0.3, -0.25) is 9.59 Å². The van der Waals surface area contributed by atoms with Gasteiger partial charge in [0.05, 0.1) is 11.6 Å².